The van der Waals surface area contributed by atoms with Gasteiger partial charge in [0, 0.05) is 33.2 Å². The molecule has 1 saturated heterocycles. The highest BCUT2D eigenvalue weighted by Gasteiger charge is 2.33. The van der Waals surface area contributed by atoms with Gasteiger partial charge >= 0.3 is 0 Å². The van der Waals surface area contributed by atoms with Gasteiger partial charge in [-0.25, -0.2) is 4.39 Å². The number of thioether (sulfide) groups is 1. The number of aromatic nitrogens is 1. The van der Waals surface area contributed by atoms with Crippen LogP contribution in [0.4, 0.5) is 10.1 Å². The monoisotopic (exact) mass is 508 g/mol. The van der Waals surface area contributed by atoms with Crippen molar-refractivity contribution in [2.75, 3.05) is 12.0 Å². The fraction of sp³-hybridized carbons (Fsp3) is 0.0769. The Bertz CT molecular complexity index is 1440. The van der Waals surface area contributed by atoms with E-state index in [0.717, 1.165) is 16.5 Å². The van der Waals surface area contributed by atoms with Crippen LogP contribution in [0.3, 0.4) is 0 Å². The third-order valence-corrected chi connectivity index (χ3v) is 7.28. The van der Waals surface area contributed by atoms with Crippen LogP contribution in [0, 0.1) is 5.82 Å². The van der Waals surface area contributed by atoms with Gasteiger partial charge in [0.2, 0.25) is 0 Å². The fourth-order valence-electron chi connectivity index (χ4n) is 3.94. The number of hydrogen-bond acceptors (Lipinski definition) is 4. The summed E-state index contributed by atoms with van der Waals surface area (Å²) in [6.07, 6.45) is 3.75. The number of para-hydroxylation sites is 1. The highest BCUT2D eigenvalue weighted by molar-refractivity contribution is 8.27. The average Bonchev–Trinajstić information content (AvgIpc) is 3.33. The van der Waals surface area contributed by atoms with E-state index < -0.39 is 0 Å². The average molecular weight is 509 g/mol. The molecule has 4 nitrogen and oxygen atoms in total. The fourth-order valence-corrected chi connectivity index (χ4v) is 5.45. The summed E-state index contributed by atoms with van der Waals surface area (Å²) in [5.41, 5.74) is 2.86. The molecular weight excluding hydrogens is 491 g/mol. The van der Waals surface area contributed by atoms with Crippen molar-refractivity contribution in [3.05, 3.63) is 99.8 Å². The van der Waals surface area contributed by atoms with Crippen LogP contribution in [0.1, 0.15) is 11.1 Å². The highest BCUT2D eigenvalue weighted by atomic mass is 35.5. The molecule has 1 fully saturated rings. The van der Waals surface area contributed by atoms with E-state index in [2.05, 4.69) is 0 Å². The van der Waals surface area contributed by atoms with Gasteiger partial charge in [-0.1, -0.05) is 59.8 Å². The molecule has 170 valence electrons. The number of anilines is 1. The molecule has 0 atom stereocenters. The van der Waals surface area contributed by atoms with Gasteiger partial charge in [-0.05, 0) is 48.5 Å². The Morgan fingerprint density at radius 3 is 2.59 bits per heavy atom. The second-order valence-corrected chi connectivity index (χ2v) is 9.73. The van der Waals surface area contributed by atoms with Gasteiger partial charge in [0.1, 0.15) is 11.6 Å². The number of fused-ring (bicyclic) bond motifs is 1. The molecule has 1 aliphatic rings. The van der Waals surface area contributed by atoms with Crippen LogP contribution < -0.4 is 9.64 Å². The van der Waals surface area contributed by atoms with E-state index in [0.29, 0.717) is 31.2 Å². The minimum absolute atomic E-state index is 0.186. The molecule has 0 N–H and O–H groups in total. The lowest BCUT2D eigenvalue weighted by Crippen LogP contribution is -2.27. The van der Waals surface area contributed by atoms with Crippen LogP contribution in [-0.4, -0.2) is 21.9 Å². The Hall–Kier alpha value is -3.13. The quantitative estimate of drug-likeness (QED) is 0.217. The van der Waals surface area contributed by atoms with Crippen molar-refractivity contribution in [2.45, 2.75) is 6.54 Å². The normalized spacial score (nSPS) is 15.0. The smallest absolute Gasteiger partial charge is 0.270 e. The lowest BCUT2D eigenvalue weighted by atomic mass is 10.1. The number of nitrogens with zero attached hydrogens (tertiary/aromatic N) is 2. The first-order valence-electron chi connectivity index (χ1n) is 10.4. The third-order valence-electron chi connectivity index (χ3n) is 5.62. The summed E-state index contributed by atoms with van der Waals surface area (Å²) >= 11 is 13.0. The first kappa shape index (κ1) is 22.7. The molecule has 1 aromatic heterocycles. The standard InChI is InChI=1S/C26H18ClFN2O2S2/c1-32-18-11-9-17(10-12-18)30-25(31)24(34-26(30)33)13-16-14-29(23-8-3-2-5-19(16)23)15-20-21(27)6-4-7-22(20)28/h2-14H,15H2,1H3/b24-13-. The molecule has 0 unspecified atom stereocenters. The van der Waals surface area contributed by atoms with Crippen LogP contribution in [0.15, 0.2) is 77.8 Å². The summed E-state index contributed by atoms with van der Waals surface area (Å²) in [7, 11) is 1.59. The molecule has 1 amide bonds. The number of halogens is 2. The van der Waals surface area contributed by atoms with Gasteiger partial charge in [-0.15, -0.1) is 0 Å². The second kappa shape index (κ2) is 9.25. The van der Waals surface area contributed by atoms with Gasteiger partial charge < -0.3 is 9.30 Å². The van der Waals surface area contributed by atoms with Crippen molar-refractivity contribution in [3.63, 3.8) is 0 Å². The zero-order valence-electron chi connectivity index (χ0n) is 18.0. The molecular formula is C26H18ClFN2O2S2. The van der Waals surface area contributed by atoms with E-state index in [4.69, 9.17) is 28.6 Å². The number of benzene rings is 3. The zero-order valence-corrected chi connectivity index (χ0v) is 20.4. The number of hydrogen-bond donors (Lipinski definition) is 0. The van der Waals surface area contributed by atoms with Gasteiger partial charge in [0.25, 0.3) is 5.91 Å². The van der Waals surface area contributed by atoms with Gasteiger partial charge in [0.15, 0.2) is 4.32 Å². The third kappa shape index (κ3) is 4.11. The number of methoxy groups -OCH3 is 1. The Labute approximate surface area is 210 Å². The molecule has 8 heteroatoms. The molecule has 4 aromatic rings. The Kier molecular flexibility index (Phi) is 6.16. The summed E-state index contributed by atoms with van der Waals surface area (Å²) in [6, 6.07) is 19.7. The maximum Gasteiger partial charge on any atom is 0.270 e. The largest absolute Gasteiger partial charge is 0.497 e. The van der Waals surface area contributed by atoms with E-state index in [1.807, 2.05) is 41.1 Å². The number of carbonyl (C=O) groups excluding carboxylic acids is 1. The van der Waals surface area contributed by atoms with Crippen molar-refractivity contribution in [2.24, 2.45) is 0 Å². The van der Waals surface area contributed by atoms with Crippen molar-refractivity contribution >= 4 is 68.5 Å². The lowest BCUT2D eigenvalue weighted by Gasteiger charge is -2.14. The first-order valence-corrected chi connectivity index (χ1v) is 12.0. The summed E-state index contributed by atoms with van der Waals surface area (Å²) < 4.78 is 22.0. The van der Waals surface area contributed by atoms with Crippen LogP contribution in [0.25, 0.3) is 17.0 Å². The summed E-state index contributed by atoms with van der Waals surface area (Å²) in [5.74, 6) is 0.161. The number of thiocarbonyl (C=S) groups is 1. The molecule has 0 aliphatic carbocycles. The molecule has 0 radical (unpaired) electrons. The van der Waals surface area contributed by atoms with Gasteiger partial charge in [0.05, 0.1) is 24.2 Å². The van der Waals surface area contributed by atoms with E-state index >= 15 is 0 Å². The summed E-state index contributed by atoms with van der Waals surface area (Å²) in [5, 5.41) is 1.32. The number of ether oxygens (including phenoxy) is 1. The molecule has 2 heterocycles. The number of amides is 1. The molecule has 34 heavy (non-hydrogen) atoms. The van der Waals surface area contributed by atoms with Crippen molar-refractivity contribution in [1.29, 1.82) is 0 Å². The maximum atomic E-state index is 14.4. The lowest BCUT2D eigenvalue weighted by molar-refractivity contribution is -0.113. The SMILES string of the molecule is COc1ccc(N2C(=O)/C(=C/c3cn(Cc4c(F)cccc4Cl)c4ccccc34)SC2=S)cc1. The van der Waals surface area contributed by atoms with Gasteiger partial charge in [-0.2, -0.15) is 0 Å². The summed E-state index contributed by atoms with van der Waals surface area (Å²) in [6.45, 7) is 0.271. The molecule has 1 aliphatic heterocycles. The van der Waals surface area contributed by atoms with Crippen LogP contribution in [0.5, 0.6) is 5.75 Å². The minimum Gasteiger partial charge on any atom is -0.497 e. The Morgan fingerprint density at radius 2 is 1.85 bits per heavy atom. The predicted octanol–water partition coefficient (Wildman–Crippen LogP) is 6.90. The summed E-state index contributed by atoms with van der Waals surface area (Å²) in [4.78, 5) is 15.3. The van der Waals surface area contributed by atoms with E-state index in [9.17, 15) is 9.18 Å². The van der Waals surface area contributed by atoms with Crippen molar-refractivity contribution in [3.8, 4) is 5.75 Å². The van der Waals surface area contributed by atoms with Gasteiger partial charge in [-0.3, -0.25) is 9.69 Å². The second-order valence-electron chi connectivity index (χ2n) is 7.64. The van der Waals surface area contributed by atoms with Crippen LogP contribution >= 0.6 is 35.6 Å². The molecule has 3 aromatic carbocycles. The van der Waals surface area contributed by atoms with Crippen LogP contribution in [-0.2, 0) is 11.3 Å². The number of carbonyl (C=O) groups is 1. The van der Waals surface area contributed by atoms with E-state index in [1.165, 1.54) is 22.7 Å². The van der Waals surface area contributed by atoms with Crippen molar-refractivity contribution < 1.29 is 13.9 Å². The zero-order chi connectivity index (χ0) is 23.8. The number of rotatable bonds is 5. The minimum atomic E-state index is -0.354. The highest BCUT2D eigenvalue weighted by Crippen LogP contribution is 2.38. The Balaban J connectivity index is 1.52. The maximum absolute atomic E-state index is 14.4. The molecule has 0 spiro atoms. The Morgan fingerprint density at radius 1 is 1.09 bits per heavy atom. The van der Waals surface area contributed by atoms with E-state index in [1.54, 1.807) is 43.5 Å². The van der Waals surface area contributed by atoms with E-state index in [-0.39, 0.29) is 18.3 Å². The molecule has 0 saturated carbocycles. The molecule has 5 rings (SSSR count). The van der Waals surface area contributed by atoms with Crippen molar-refractivity contribution in [1.82, 2.24) is 4.57 Å². The van der Waals surface area contributed by atoms with Crippen LogP contribution in [0.2, 0.25) is 5.02 Å². The predicted molar refractivity (Wildman–Crippen MR) is 141 cm³/mol. The topological polar surface area (TPSA) is 34.5 Å². The first-order chi connectivity index (χ1) is 16.5. The molecule has 0 bridgehead atoms.